The first-order valence-corrected chi connectivity index (χ1v) is 8.80. The highest BCUT2D eigenvalue weighted by atomic mass is 16.5. The largest absolute Gasteiger partial charge is 0.497 e. The molecular weight excluding hydrogens is 302 g/mol. The number of benzene rings is 1. The number of carbonyl (C=O) groups excluding carboxylic acids is 1. The summed E-state index contributed by atoms with van der Waals surface area (Å²) in [5.41, 5.74) is 6.07. The molecule has 1 aliphatic heterocycles. The highest BCUT2D eigenvalue weighted by Gasteiger charge is 2.63. The van der Waals surface area contributed by atoms with Gasteiger partial charge in [0.05, 0.1) is 7.11 Å². The van der Waals surface area contributed by atoms with E-state index in [0.29, 0.717) is 5.96 Å². The van der Waals surface area contributed by atoms with Crippen molar-refractivity contribution in [3.63, 3.8) is 0 Å². The Morgan fingerprint density at radius 1 is 1.17 bits per heavy atom. The van der Waals surface area contributed by atoms with E-state index in [-0.39, 0.29) is 11.3 Å². The number of hydrogen-bond acceptors (Lipinski definition) is 4. The highest BCUT2D eigenvalue weighted by molar-refractivity contribution is 6.07. The van der Waals surface area contributed by atoms with Gasteiger partial charge in [-0.2, -0.15) is 0 Å². The lowest BCUT2D eigenvalue weighted by Crippen LogP contribution is -2.55. The Kier molecular flexibility index (Phi) is 3.37. The summed E-state index contributed by atoms with van der Waals surface area (Å²) in [4.78, 5) is 19.7. The molecule has 5 nitrogen and oxygen atoms in total. The lowest BCUT2D eigenvalue weighted by Gasteiger charge is -2.53. The van der Waals surface area contributed by atoms with E-state index < -0.39 is 5.54 Å². The summed E-state index contributed by atoms with van der Waals surface area (Å²) >= 11 is 0. The fraction of sp³-hybridized carbons (Fsp3) is 0.579. The van der Waals surface area contributed by atoms with Crippen LogP contribution < -0.4 is 10.5 Å². The van der Waals surface area contributed by atoms with Gasteiger partial charge in [0, 0.05) is 12.5 Å². The molecule has 2 N–H and O–H groups in total. The molecule has 4 aliphatic rings. The van der Waals surface area contributed by atoms with Crippen LogP contribution in [0.15, 0.2) is 29.3 Å². The molecule has 0 spiro atoms. The molecule has 1 heterocycles. The molecule has 5 heteroatoms. The van der Waals surface area contributed by atoms with E-state index in [1.165, 1.54) is 24.2 Å². The zero-order chi connectivity index (χ0) is 16.9. The SMILES string of the molecule is COc1ccc(C2(C34CCC(CC3)CC4)N=C(N)N(C)C2=O)cc1. The number of ether oxygens (including phenoxy) is 1. The van der Waals surface area contributed by atoms with E-state index in [1.807, 2.05) is 24.3 Å². The third-order valence-corrected chi connectivity index (χ3v) is 6.61. The lowest BCUT2D eigenvalue weighted by molar-refractivity contribution is -0.140. The van der Waals surface area contributed by atoms with Crippen molar-refractivity contribution in [3.05, 3.63) is 29.8 Å². The second-order valence-corrected chi connectivity index (χ2v) is 7.54. The average Bonchev–Trinajstić information content (AvgIpc) is 2.89. The summed E-state index contributed by atoms with van der Waals surface area (Å²) in [7, 11) is 3.38. The zero-order valence-electron chi connectivity index (χ0n) is 14.4. The Labute approximate surface area is 142 Å². The first kappa shape index (κ1) is 15.5. The minimum Gasteiger partial charge on any atom is -0.497 e. The highest BCUT2D eigenvalue weighted by Crippen LogP contribution is 2.62. The van der Waals surface area contributed by atoms with Gasteiger partial charge in [-0.25, -0.2) is 4.99 Å². The van der Waals surface area contributed by atoms with Crippen LogP contribution in [0, 0.1) is 11.3 Å². The second-order valence-electron chi connectivity index (χ2n) is 7.54. The van der Waals surface area contributed by atoms with Gasteiger partial charge in [0.1, 0.15) is 5.75 Å². The molecule has 3 saturated carbocycles. The molecular formula is C19H25N3O2. The maximum absolute atomic E-state index is 13.4. The van der Waals surface area contributed by atoms with Crippen LogP contribution in [0.1, 0.15) is 44.1 Å². The summed E-state index contributed by atoms with van der Waals surface area (Å²) in [6.07, 6.45) is 6.76. The Morgan fingerprint density at radius 2 is 1.75 bits per heavy atom. The smallest absolute Gasteiger partial charge is 0.262 e. The van der Waals surface area contributed by atoms with Crippen molar-refractivity contribution in [2.45, 2.75) is 44.1 Å². The van der Waals surface area contributed by atoms with Gasteiger partial charge in [0.15, 0.2) is 11.5 Å². The van der Waals surface area contributed by atoms with Crippen LogP contribution in [-0.4, -0.2) is 30.9 Å². The normalized spacial score (nSPS) is 35.2. The minimum atomic E-state index is -0.872. The van der Waals surface area contributed by atoms with Crippen LogP contribution in [0.4, 0.5) is 0 Å². The molecule has 1 aromatic carbocycles. The van der Waals surface area contributed by atoms with Gasteiger partial charge in [0.25, 0.3) is 5.91 Å². The second kappa shape index (κ2) is 5.23. The number of guanidine groups is 1. The minimum absolute atomic E-state index is 0.0190. The van der Waals surface area contributed by atoms with Crippen LogP contribution in [-0.2, 0) is 10.3 Å². The molecule has 0 saturated heterocycles. The number of methoxy groups -OCH3 is 1. The number of nitrogens with zero attached hydrogens (tertiary/aromatic N) is 2. The molecule has 0 radical (unpaired) electrons. The van der Waals surface area contributed by atoms with E-state index in [4.69, 9.17) is 15.5 Å². The molecule has 1 atom stereocenters. The van der Waals surface area contributed by atoms with E-state index in [2.05, 4.69) is 0 Å². The summed E-state index contributed by atoms with van der Waals surface area (Å²) in [5.74, 6) is 1.97. The topological polar surface area (TPSA) is 67.9 Å². The quantitative estimate of drug-likeness (QED) is 0.928. The number of carbonyl (C=O) groups is 1. The summed E-state index contributed by atoms with van der Waals surface area (Å²) in [5, 5.41) is 0. The number of rotatable bonds is 3. The number of aliphatic imine (C=N–C) groups is 1. The monoisotopic (exact) mass is 327 g/mol. The van der Waals surface area contributed by atoms with Gasteiger partial charge < -0.3 is 10.5 Å². The molecule has 1 aromatic rings. The van der Waals surface area contributed by atoms with Crippen LogP contribution in [0.25, 0.3) is 0 Å². The Balaban J connectivity index is 1.89. The maximum Gasteiger partial charge on any atom is 0.262 e. The van der Waals surface area contributed by atoms with E-state index in [1.54, 1.807) is 14.2 Å². The molecule has 3 aliphatic carbocycles. The number of nitrogens with two attached hydrogens (primary N) is 1. The van der Waals surface area contributed by atoms with E-state index >= 15 is 0 Å². The molecule has 2 bridgehead atoms. The fourth-order valence-corrected chi connectivity index (χ4v) is 5.11. The van der Waals surface area contributed by atoms with Crippen molar-refractivity contribution >= 4 is 11.9 Å². The maximum atomic E-state index is 13.4. The summed E-state index contributed by atoms with van der Waals surface area (Å²) in [6, 6.07) is 7.81. The van der Waals surface area contributed by atoms with Crippen molar-refractivity contribution in [1.82, 2.24) is 4.90 Å². The van der Waals surface area contributed by atoms with E-state index in [9.17, 15) is 4.79 Å². The van der Waals surface area contributed by atoms with E-state index in [0.717, 1.165) is 36.5 Å². The Hall–Kier alpha value is -2.04. The molecule has 1 unspecified atom stereocenters. The Bertz CT molecular complexity index is 675. The van der Waals surface area contributed by atoms with Crippen molar-refractivity contribution in [2.75, 3.05) is 14.2 Å². The molecule has 128 valence electrons. The fourth-order valence-electron chi connectivity index (χ4n) is 5.11. The molecule has 24 heavy (non-hydrogen) atoms. The molecule has 3 fully saturated rings. The average molecular weight is 327 g/mol. The predicted molar refractivity (Wildman–Crippen MR) is 92.7 cm³/mol. The van der Waals surface area contributed by atoms with Gasteiger partial charge in [-0.15, -0.1) is 0 Å². The zero-order valence-corrected chi connectivity index (χ0v) is 14.4. The lowest BCUT2D eigenvalue weighted by atomic mass is 9.51. The number of hydrogen-bond donors (Lipinski definition) is 1. The molecule has 0 aromatic heterocycles. The molecule has 1 amide bonds. The first-order valence-electron chi connectivity index (χ1n) is 8.80. The van der Waals surface area contributed by atoms with Crippen LogP contribution >= 0.6 is 0 Å². The predicted octanol–water partition coefficient (Wildman–Crippen LogP) is 2.65. The number of fused-ring (bicyclic) bond motifs is 3. The van der Waals surface area contributed by atoms with Crippen molar-refractivity contribution < 1.29 is 9.53 Å². The van der Waals surface area contributed by atoms with Gasteiger partial charge in [-0.3, -0.25) is 9.69 Å². The standard InChI is InChI=1S/C19H25N3O2/c1-22-16(23)19(21-17(22)20,14-3-5-15(24-2)6-4-14)18-10-7-13(8-11-18)9-12-18/h3-6,13H,7-12H2,1-2H3,(H2,20,21). The van der Waals surface area contributed by atoms with Gasteiger partial charge in [-0.05, 0) is 62.1 Å². The van der Waals surface area contributed by atoms with Crippen molar-refractivity contribution in [1.29, 1.82) is 0 Å². The number of amides is 1. The molecule has 5 rings (SSSR count). The van der Waals surface area contributed by atoms with Crippen LogP contribution in [0.2, 0.25) is 0 Å². The third-order valence-electron chi connectivity index (χ3n) is 6.61. The van der Waals surface area contributed by atoms with Gasteiger partial charge in [0.2, 0.25) is 0 Å². The number of likely N-dealkylation sites (N-methyl/N-ethyl adjacent to an activating group) is 1. The van der Waals surface area contributed by atoms with Crippen molar-refractivity contribution in [2.24, 2.45) is 22.1 Å². The third kappa shape index (κ3) is 1.87. The van der Waals surface area contributed by atoms with Gasteiger partial charge in [-0.1, -0.05) is 12.1 Å². The summed E-state index contributed by atoms with van der Waals surface area (Å²) < 4.78 is 5.28. The van der Waals surface area contributed by atoms with Gasteiger partial charge >= 0.3 is 0 Å². The van der Waals surface area contributed by atoms with Crippen LogP contribution in [0.3, 0.4) is 0 Å². The summed E-state index contributed by atoms with van der Waals surface area (Å²) in [6.45, 7) is 0. The Morgan fingerprint density at radius 3 is 2.21 bits per heavy atom. The first-order chi connectivity index (χ1) is 11.5. The van der Waals surface area contributed by atoms with Crippen molar-refractivity contribution in [3.8, 4) is 5.75 Å². The van der Waals surface area contributed by atoms with Crippen LogP contribution in [0.5, 0.6) is 5.75 Å².